The maximum absolute atomic E-state index is 12.9. The van der Waals surface area contributed by atoms with E-state index in [-0.39, 0.29) is 0 Å². The molecule has 0 saturated carbocycles. The Morgan fingerprint density at radius 2 is 1.91 bits per heavy atom. The summed E-state index contributed by atoms with van der Waals surface area (Å²) in [5, 5.41) is 6.65. The number of nitrogens with one attached hydrogen (secondary N) is 2. The molecule has 1 atom stereocenters. The predicted molar refractivity (Wildman–Crippen MR) is 99.4 cm³/mol. The van der Waals surface area contributed by atoms with Crippen LogP contribution in [0.15, 0.2) is 41.3 Å². The fourth-order valence-electron chi connectivity index (χ4n) is 2.10. The second-order valence-electron chi connectivity index (χ2n) is 5.00. The van der Waals surface area contributed by atoms with Gasteiger partial charge in [-0.1, -0.05) is 30.1 Å². The van der Waals surface area contributed by atoms with E-state index >= 15 is 0 Å². The van der Waals surface area contributed by atoms with Crippen molar-refractivity contribution in [1.29, 1.82) is 0 Å². The lowest BCUT2D eigenvalue weighted by atomic mass is 10.3. The van der Waals surface area contributed by atoms with E-state index in [1.54, 1.807) is 30.0 Å². The van der Waals surface area contributed by atoms with Crippen molar-refractivity contribution in [2.75, 3.05) is 15.9 Å². The van der Waals surface area contributed by atoms with Crippen LogP contribution in [-0.2, 0) is 4.57 Å². The fraction of sp³-hybridized carbons (Fsp3) is 0.200. The molecule has 1 aliphatic rings. The third-order valence-electron chi connectivity index (χ3n) is 3.12. The van der Waals surface area contributed by atoms with Crippen molar-refractivity contribution in [3.8, 4) is 5.75 Å². The molecule has 4 nitrogen and oxygen atoms in total. The fourth-order valence-corrected chi connectivity index (χ4v) is 5.01. The Morgan fingerprint density at radius 1 is 1.13 bits per heavy atom. The van der Waals surface area contributed by atoms with E-state index in [1.165, 1.54) is 0 Å². The van der Waals surface area contributed by atoms with Gasteiger partial charge in [-0.2, -0.15) is 0 Å². The van der Waals surface area contributed by atoms with Gasteiger partial charge in [-0.05, 0) is 48.6 Å². The van der Waals surface area contributed by atoms with Crippen molar-refractivity contribution < 1.29 is 9.09 Å². The highest BCUT2D eigenvalue weighted by Crippen LogP contribution is 2.56. The molecule has 0 saturated heterocycles. The summed E-state index contributed by atoms with van der Waals surface area (Å²) in [5.74, 6) is 1.36. The molecule has 2 N–H and O–H groups in total. The molecule has 0 fully saturated rings. The van der Waals surface area contributed by atoms with E-state index < -0.39 is 7.67 Å². The van der Waals surface area contributed by atoms with Gasteiger partial charge < -0.3 is 4.52 Å². The molecule has 2 aromatic rings. The number of hydrogen-bond acceptors (Lipinski definition) is 3. The van der Waals surface area contributed by atoms with Crippen LogP contribution in [0.3, 0.4) is 0 Å². The number of halogens is 2. The van der Waals surface area contributed by atoms with Crippen LogP contribution in [0.4, 0.5) is 11.4 Å². The predicted octanol–water partition coefficient (Wildman–Crippen LogP) is 6.52. The third-order valence-corrected chi connectivity index (χ3v) is 6.37. The number of thioether (sulfide) groups is 1. The lowest BCUT2D eigenvalue weighted by molar-refractivity contribution is 0.494. The second kappa shape index (κ2) is 6.86. The van der Waals surface area contributed by atoms with Crippen molar-refractivity contribution in [3.63, 3.8) is 0 Å². The van der Waals surface area contributed by atoms with Crippen molar-refractivity contribution in [2.45, 2.75) is 18.2 Å². The highest BCUT2D eigenvalue weighted by molar-refractivity contribution is 7.99. The standard InChI is InChI=1S/C15H15Cl2N2O2PS/c1-2-7-23-11-4-5-13-14(9-11)19-22(20,18-13)21-15-6-3-10(16)8-12(15)17/h3-6,8-9H,2,7H2,1H3,(H2,18,19,20). The van der Waals surface area contributed by atoms with Crippen LogP contribution in [0, 0.1) is 0 Å². The Balaban J connectivity index is 1.78. The molecule has 0 bridgehead atoms. The normalized spacial score (nSPS) is 18.9. The Morgan fingerprint density at radius 3 is 2.65 bits per heavy atom. The van der Waals surface area contributed by atoms with Gasteiger partial charge in [-0.15, -0.1) is 11.8 Å². The Labute approximate surface area is 149 Å². The molecule has 0 spiro atoms. The van der Waals surface area contributed by atoms with Crippen LogP contribution in [-0.4, -0.2) is 5.75 Å². The zero-order chi connectivity index (χ0) is 16.4. The van der Waals surface area contributed by atoms with Gasteiger partial charge in [0.15, 0.2) is 0 Å². The SMILES string of the molecule is CCCSc1ccc2c(c1)NP(=O)(Oc1ccc(Cl)cc1Cl)N2. The molecule has 23 heavy (non-hydrogen) atoms. The summed E-state index contributed by atoms with van der Waals surface area (Å²) in [5.41, 5.74) is 1.51. The number of hydrogen-bond donors (Lipinski definition) is 2. The lowest BCUT2D eigenvalue weighted by Crippen LogP contribution is -2.04. The first-order valence-electron chi connectivity index (χ1n) is 7.07. The second-order valence-corrected chi connectivity index (χ2v) is 8.74. The van der Waals surface area contributed by atoms with Gasteiger partial charge in [0.05, 0.1) is 16.4 Å². The van der Waals surface area contributed by atoms with E-state index in [1.807, 2.05) is 18.2 Å². The molecule has 0 aromatic heterocycles. The van der Waals surface area contributed by atoms with Crippen molar-refractivity contribution in [2.24, 2.45) is 0 Å². The van der Waals surface area contributed by atoms with Gasteiger partial charge in [0.1, 0.15) is 5.75 Å². The summed E-state index contributed by atoms with van der Waals surface area (Å²) in [6.07, 6.45) is 1.10. The van der Waals surface area contributed by atoms with E-state index in [4.69, 9.17) is 27.7 Å². The first kappa shape index (κ1) is 16.8. The molecule has 0 amide bonds. The molecule has 1 heterocycles. The van der Waals surface area contributed by atoms with Gasteiger partial charge in [-0.25, -0.2) is 4.57 Å². The number of rotatable bonds is 5. The molecular weight excluding hydrogens is 374 g/mol. The van der Waals surface area contributed by atoms with Gasteiger partial charge in [0.2, 0.25) is 0 Å². The number of fused-ring (bicyclic) bond motifs is 1. The molecule has 122 valence electrons. The highest BCUT2D eigenvalue weighted by atomic mass is 35.5. The largest absolute Gasteiger partial charge is 0.444 e. The smallest absolute Gasteiger partial charge is 0.412 e. The Hall–Kier alpha value is -1.00. The summed E-state index contributed by atoms with van der Waals surface area (Å²) in [6, 6.07) is 10.6. The average Bonchev–Trinajstić information content (AvgIpc) is 2.83. The summed E-state index contributed by atoms with van der Waals surface area (Å²) >= 11 is 13.7. The van der Waals surface area contributed by atoms with E-state index in [0.29, 0.717) is 15.8 Å². The molecule has 3 rings (SSSR count). The van der Waals surface area contributed by atoms with Crippen LogP contribution in [0.5, 0.6) is 5.75 Å². The summed E-state index contributed by atoms with van der Waals surface area (Å²) in [4.78, 5) is 1.12. The van der Waals surface area contributed by atoms with E-state index in [9.17, 15) is 4.57 Å². The summed E-state index contributed by atoms with van der Waals surface area (Å²) in [7, 11) is -3.30. The quantitative estimate of drug-likeness (QED) is 0.450. The zero-order valence-electron chi connectivity index (χ0n) is 12.3. The molecule has 1 aliphatic heterocycles. The topological polar surface area (TPSA) is 50.4 Å². The lowest BCUT2D eigenvalue weighted by Gasteiger charge is -2.15. The molecule has 0 radical (unpaired) electrons. The Kier molecular flexibility index (Phi) is 5.02. The molecule has 8 heteroatoms. The minimum absolute atomic E-state index is 0.312. The monoisotopic (exact) mass is 388 g/mol. The summed E-state index contributed by atoms with van der Waals surface area (Å²) < 4.78 is 18.4. The van der Waals surface area contributed by atoms with Gasteiger partial charge >= 0.3 is 7.67 Å². The highest BCUT2D eigenvalue weighted by Gasteiger charge is 2.34. The van der Waals surface area contributed by atoms with Crippen molar-refractivity contribution in [1.82, 2.24) is 0 Å². The van der Waals surface area contributed by atoms with Crippen molar-refractivity contribution >= 4 is 54.0 Å². The third kappa shape index (κ3) is 3.92. The van der Waals surface area contributed by atoms with Crippen LogP contribution < -0.4 is 14.7 Å². The molecule has 0 aliphatic carbocycles. The van der Waals surface area contributed by atoms with Gasteiger partial charge in [0.25, 0.3) is 0 Å². The molecule has 2 aromatic carbocycles. The first-order valence-corrected chi connectivity index (χ1v) is 10.4. The van der Waals surface area contributed by atoms with Crippen LogP contribution in [0.2, 0.25) is 10.0 Å². The maximum atomic E-state index is 12.9. The van der Waals surface area contributed by atoms with Crippen LogP contribution in [0.25, 0.3) is 0 Å². The number of benzene rings is 2. The number of anilines is 2. The van der Waals surface area contributed by atoms with Gasteiger partial charge in [0, 0.05) is 9.92 Å². The zero-order valence-corrected chi connectivity index (χ0v) is 15.5. The minimum atomic E-state index is -3.30. The van der Waals surface area contributed by atoms with Crippen molar-refractivity contribution in [3.05, 3.63) is 46.4 Å². The summed E-state index contributed by atoms with van der Waals surface area (Å²) in [6.45, 7) is 2.14. The first-order chi connectivity index (χ1) is 11.0. The van der Waals surface area contributed by atoms with Crippen LogP contribution >= 0.6 is 42.6 Å². The van der Waals surface area contributed by atoms with E-state index in [0.717, 1.165) is 28.4 Å². The molecule has 1 unspecified atom stereocenters. The van der Waals surface area contributed by atoms with E-state index in [2.05, 4.69) is 17.1 Å². The van der Waals surface area contributed by atoms with Gasteiger partial charge in [-0.3, -0.25) is 10.2 Å². The minimum Gasteiger partial charge on any atom is -0.412 e. The average molecular weight is 389 g/mol. The maximum Gasteiger partial charge on any atom is 0.444 e. The van der Waals surface area contributed by atoms with Crippen LogP contribution in [0.1, 0.15) is 13.3 Å². The Bertz CT molecular complexity index is 788. The molecular formula is C15H15Cl2N2O2PS.